The number of hydrazine groups is 1. The van der Waals surface area contributed by atoms with Crippen LogP contribution >= 0.6 is 12.4 Å². The molecule has 0 aliphatic heterocycles. The van der Waals surface area contributed by atoms with E-state index in [9.17, 15) is 4.79 Å². The van der Waals surface area contributed by atoms with Crippen LogP contribution in [0.1, 0.15) is 10.4 Å². The summed E-state index contributed by atoms with van der Waals surface area (Å²) in [7, 11) is 1.72. The van der Waals surface area contributed by atoms with Crippen LogP contribution in [0.4, 0.5) is 5.69 Å². The van der Waals surface area contributed by atoms with Crippen LogP contribution in [-0.2, 0) is 0 Å². The standard InChI is InChI=1S/C9H11N3O2.ClH/c1-10-12-6-11-8-4-2-7(3-5-8)9(13)14;/h2-6,10H,1H3,(H,11,12)(H,13,14);1H. The quantitative estimate of drug-likeness (QED) is 0.412. The van der Waals surface area contributed by atoms with Crippen LogP contribution < -0.4 is 10.9 Å². The van der Waals surface area contributed by atoms with E-state index in [1.54, 1.807) is 19.2 Å². The SMILES string of the molecule is CNNC=Nc1ccc(C(=O)O)cc1.Cl. The van der Waals surface area contributed by atoms with Gasteiger partial charge in [0.05, 0.1) is 11.3 Å². The number of aliphatic imine (C=N–C) groups is 1. The van der Waals surface area contributed by atoms with Crippen molar-refractivity contribution in [1.29, 1.82) is 0 Å². The maximum atomic E-state index is 10.5. The third-order valence-electron chi connectivity index (χ3n) is 1.54. The van der Waals surface area contributed by atoms with Gasteiger partial charge in [0, 0.05) is 7.05 Å². The summed E-state index contributed by atoms with van der Waals surface area (Å²) >= 11 is 0. The average Bonchev–Trinajstić information content (AvgIpc) is 2.19. The molecule has 0 fully saturated rings. The molecule has 1 aromatic rings. The first-order chi connectivity index (χ1) is 6.74. The zero-order chi connectivity index (χ0) is 10.4. The number of hydrogen-bond acceptors (Lipinski definition) is 3. The third-order valence-corrected chi connectivity index (χ3v) is 1.54. The van der Waals surface area contributed by atoms with Crippen LogP contribution in [0.25, 0.3) is 0 Å². The highest BCUT2D eigenvalue weighted by atomic mass is 35.5. The van der Waals surface area contributed by atoms with Crippen LogP contribution in [0.5, 0.6) is 0 Å². The molecule has 82 valence electrons. The Balaban J connectivity index is 0.00000196. The smallest absolute Gasteiger partial charge is 0.335 e. The Bertz CT molecular complexity index is 338. The van der Waals surface area contributed by atoms with E-state index in [0.29, 0.717) is 5.69 Å². The Morgan fingerprint density at radius 3 is 2.47 bits per heavy atom. The van der Waals surface area contributed by atoms with E-state index >= 15 is 0 Å². The molecule has 0 unspecified atom stereocenters. The van der Waals surface area contributed by atoms with E-state index < -0.39 is 5.97 Å². The van der Waals surface area contributed by atoms with Crippen LogP contribution in [0.3, 0.4) is 0 Å². The number of nitrogens with one attached hydrogen (secondary N) is 2. The molecule has 0 aromatic heterocycles. The fraction of sp³-hybridized carbons (Fsp3) is 0.111. The molecule has 0 amide bonds. The van der Waals surface area contributed by atoms with Gasteiger partial charge in [0.1, 0.15) is 6.34 Å². The van der Waals surface area contributed by atoms with Gasteiger partial charge in [0.25, 0.3) is 0 Å². The van der Waals surface area contributed by atoms with Crippen molar-refractivity contribution < 1.29 is 9.90 Å². The van der Waals surface area contributed by atoms with E-state index in [-0.39, 0.29) is 18.0 Å². The van der Waals surface area contributed by atoms with Gasteiger partial charge in [0.15, 0.2) is 0 Å². The minimum Gasteiger partial charge on any atom is -0.478 e. The predicted molar refractivity (Wildman–Crippen MR) is 61.0 cm³/mol. The van der Waals surface area contributed by atoms with Gasteiger partial charge >= 0.3 is 5.97 Å². The Hall–Kier alpha value is -1.59. The number of benzene rings is 1. The van der Waals surface area contributed by atoms with Crippen molar-refractivity contribution in [3.05, 3.63) is 29.8 Å². The van der Waals surface area contributed by atoms with E-state index in [1.807, 2.05) is 0 Å². The van der Waals surface area contributed by atoms with E-state index in [2.05, 4.69) is 15.8 Å². The lowest BCUT2D eigenvalue weighted by molar-refractivity contribution is 0.0697. The third kappa shape index (κ3) is 4.44. The Morgan fingerprint density at radius 2 is 2.00 bits per heavy atom. The Labute approximate surface area is 93.6 Å². The average molecular weight is 230 g/mol. The molecule has 0 saturated carbocycles. The Morgan fingerprint density at radius 1 is 1.40 bits per heavy atom. The van der Waals surface area contributed by atoms with Crippen LogP contribution in [0.15, 0.2) is 29.3 Å². The lowest BCUT2D eigenvalue weighted by Gasteiger charge is -1.96. The second kappa shape index (κ2) is 6.80. The second-order valence-corrected chi connectivity index (χ2v) is 2.50. The molecule has 0 spiro atoms. The van der Waals surface area contributed by atoms with Crippen molar-refractivity contribution in [2.45, 2.75) is 0 Å². The first kappa shape index (κ1) is 13.4. The van der Waals surface area contributed by atoms with Crippen molar-refractivity contribution in [3.8, 4) is 0 Å². The maximum absolute atomic E-state index is 10.5. The second-order valence-electron chi connectivity index (χ2n) is 2.50. The monoisotopic (exact) mass is 229 g/mol. The van der Waals surface area contributed by atoms with Crippen LogP contribution in [-0.4, -0.2) is 24.5 Å². The molecule has 0 heterocycles. The predicted octanol–water partition coefficient (Wildman–Crippen LogP) is 1.19. The van der Waals surface area contributed by atoms with Gasteiger partial charge in [-0.05, 0) is 24.3 Å². The molecule has 0 saturated heterocycles. The zero-order valence-corrected chi connectivity index (χ0v) is 8.91. The number of hydrogen-bond donors (Lipinski definition) is 3. The van der Waals surface area contributed by atoms with E-state index in [4.69, 9.17) is 5.11 Å². The summed E-state index contributed by atoms with van der Waals surface area (Å²) < 4.78 is 0. The van der Waals surface area contributed by atoms with Crippen molar-refractivity contribution in [2.75, 3.05) is 7.05 Å². The van der Waals surface area contributed by atoms with Crippen molar-refractivity contribution in [2.24, 2.45) is 4.99 Å². The molecule has 1 aromatic carbocycles. The van der Waals surface area contributed by atoms with Gasteiger partial charge in [-0.15, -0.1) is 12.4 Å². The summed E-state index contributed by atoms with van der Waals surface area (Å²) in [5, 5.41) is 8.63. The van der Waals surface area contributed by atoms with Gasteiger partial charge in [-0.2, -0.15) is 0 Å². The number of nitrogens with zero attached hydrogens (tertiary/aromatic N) is 1. The minimum atomic E-state index is -0.936. The molecule has 0 aliphatic rings. The minimum absolute atomic E-state index is 0. The van der Waals surface area contributed by atoms with Gasteiger partial charge < -0.3 is 10.5 Å². The summed E-state index contributed by atoms with van der Waals surface area (Å²) in [5.41, 5.74) is 6.30. The molecule has 0 aliphatic carbocycles. The normalized spacial score (nSPS) is 9.67. The Kier molecular flexibility index (Phi) is 6.08. The molecule has 0 atom stereocenters. The summed E-state index contributed by atoms with van der Waals surface area (Å²) in [4.78, 5) is 14.5. The summed E-state index contributed by atoms with van der Waals surface area (Å²) in [6.45, 7) is 0. The van der Waals surface area contributed by atoms with Gasteiger partial charge in [-0.1, -0.05) is 0 Å². The summed E-state index contributed by atoms with van der Waals surface area (Å²) in [6, 6.07) is 6.29. The summed E-state index contributed by atoms with van der Waals surface area (Å²) in [6.07, 6.45) is 1.48. The van der Waals surface area contributed by atoms with Crippen molar-refractivity contribution in [1.82, 2.24) is 10.9 Å². The fourth-order valence-corrected chi connectivity index (χ4v) is 0.861. The number of carboxylic acids is 1. The number of rotatable bonds is 4. The van der Waals surface area contributed by atoms with Crippen molar-refractivity contribution >= 4 is 30.4 Å². The van der Waals surface area contributed by atoms with Crippen LogP contribution in [0, 0.1) is 0 Å². The summed E-state index contributed by atoms with van der Waals surface area (Å²) in [5.74, 6) is -0.936. The number of halogens is 1. The molecular weight excluding hydrogens is 218 g/mol. The lowest BCUT2D eigenvalue weighted by Crippen LogP contribution is -2.25. The molecule has 1 rings (SSSR count). The maximum Gasteiger partial charge on any atom is 0.335 e. The van der Waals surface area contributed by atoms with Gasteiger partial charge in [-0.25, -0.2) is 15.2 Å². The molecule has 3 N–H and O–H groups in total. The molecular formula is C9H12ClN3O2. The number of aromatic carboxylic acids is 1. The molecule has 5 nitrogen and oxygen atoms in total. The molecule has 0 radical (unpaired) electrons. The number of carbonyl (C=O) groups is 1. The van der Waals surface area contributed by atoms with Crippen LogP contribution in [0.2, 0.25) is 0 Å². The van der Waals surface area contributed by atoms with Crippen molar-refractivity contribution in [3.63, 3.8) is 0 Å². The van der Waals surface area contributed by atoms with Gasteiger partial charge in [0.2, 0.25) is 0 Å². The first-order valence-electron chi connectivity index (χ1n) is 4.02. The fourth-order valence-electron chi connectivity index (χ4n) is 0.861. The van der Waals surface area contributed by atoms with E-state index in [0.717, 1.165) is 0 Å². The van der Waals surface area contributed by atoms with Gasteiger partial charge in [-0.3, -0.25) is 0 Å². The molecule has 0 bridgehead atoms. The van der Waals surface area contributed by atoms with E-state index in [1.165, 1.54) is 18.5 Å². The lowest BCUT2D eigenvalue weighted by atomic mass is 10.2. The largest absolute Gasteiger partial charge is 0.478 e. The first-order valence-corrected chi connectivity index (χ1v) is 4.02. The highest BCUT2D eigenvalue weighted by Crippen LogP contribution is 2.11. The highest BCUT2D eigenvalue weighted by molar-refractivity contribution is 5.88. The molecule has 6 heteroatoms. The highest BCUT2D eigenvalue weighted by Gasteiger charge is 1.99. The number of carboxylic acid groups (broad SMARTS) is 1. The topological polar surface area (TPSA) is 73.7 Å². The zero-order valence-electron chi connectivity index (χ0n) is 8.10. The molecule has 15 heavy (non-hydrogen) atoms.